The van der Waals surface area contributed by atoms with Gasteiger partial charge < -0.3 is 25.0 Å². The lowest BCUT2D eigenvalue weighted by Crippen LogP contribution is -2.38. The van der Waals surface area contributed by atoms with Crippen LogP contribution in [0.3, 0.4) is 0 Å². The molecule has 2 heterocycles. The number of ether oxygens (including phenoxy) is 2. The molecule has 2 N–H and O–H groups in total. The van der Waals surface area contributed by atoms with Crippen LogP contribution < -0.4 is 15.5 Å². The molecule has 0 saturated carbocycles. The van der Waals surface area contributed by atoms with Gasteiger partial charge in [0.1, 0.15) is 5.82 Å². The van der Waals surface area contributed by atoms with Gasteiger partial charge in [-0.25, -0.2) is 4.98 Å². The third kappa shape index (κ3) is 11.0. The van der Waals surface area contributed by atoms with E-state index in [0.29, 0.717) is 26.4 Å². The van der Waals surface area contributed by atoms with Crippen LogP contribution in [0.4, 0.5) is 5.82 Å². The second kappa shape index (κ2) is 16.6. The van der Waals surface area contributed by atoms with Crippen LogP contribution in [-0.2, 0) is 16.0 Å². The van der Waals surface area contributed by atoms with Crippen LogP contribution in [0.25, 0.3) is 0 Å². The van der Waals surface area contributed by atoms with E-state index in [1.165, 1.54) is 24.8 Å². The predicted molar refractivity (Wildman–Crippen MR) is 130 cm³/mol. The number of aromatic nitrogens is 1. The molecule has 0 radical (unpaired) electrons. The Morgan fingerprint density at radius 1 is 1.10 bits per heavy atom. The number of pyridine rings is 1. The Morgan fingerprint density at radius 2 is 1.86 bits per heavy atom. The first-order valence-electron chi connectivity index (χ1n) is 10.6. The Morgan fingerprint density at radius 3 is 2.59 bits per heavy atom. The highest BCUT2D eigenvalue weighted by molar-refractivity contribution is 14.0. The molecule has 1 aromatic rings. The van der Waals surface area contributed by atoms with Crippen LogP contribution in [0, 0.1) is 0 Å². The second-order valence-corrected chi connectivity index (χ2v) is 7.00. The van der Waals surface area contributed by atoms with Gasteiger partial charge in [0.05, 0.1) is 19.8 Å². The number of piperidine rings is 1. The summed E-state index contributed by atoms with van der Waals surface area (Å²) in [5.74, 6) is 1.86. The van der Waals surface area contributed by atoms with Gasteiger partial charge in [-0.1, -0.05) is 13.3 Å². The number of anilines is 1. The Labute approximate surface area is 193 Å². The lowest BCUT2D eigenvalue weighted by Gasteiger charge is -2.28. The molecule has 1 fully saturated rings. The van der Waals surface area contributed by atoms with Crippen molar-refractivity contribution in [3.05, 3.63) is 23.9 Å². The molecule has 0 amide bonds. The molecule has 0 aliphatic carbocycles. The van der Waals surface area contributed by atoms with E-state index < -0.39 is 0 Å². The zero-order valence-corrected chi connectivity index (χ0v) is 20.3. The molecular weight excluding hydrogens is 481 g/mol. The summed E-state index contributed by atoms with van der Waals surface area (Å²) in [7, 11) is 1.78. The highest BCUT2D eigenvalue weighted by Gasteiger charge is 2.12. The van der Waals surface area contributed by atoms with E-state index in [2.05, 4.69) is 44.6 Å². The van der Waals surface area contributed by atoms with Crippen molar-refractivity contribution in [1.82, 2.24) is 15.6 Å². The molecule has 0 atom stereocenters. The Bertz CT molecular complexity index is 568. The molecule has 0 bridgehead atoms. The molecule has 0 spiro atoms. The highest BCUT2D eigenvalue weighted by atomic mass is 127. The smallest absolute Gasteiger partial charge is 0.191 e. The second-order valence-electron chi connectivity index (χ2n) is 7.00. The summed E-state index contributed by atoms with van der Waals surface area (Å²) in [6, 6.07) is 4.22. The summed E-state index contributed by atoms with van der Waals surface area (Å²) in [4.78, 5) is 11.2. The van der Waals surface area contributed by atoms with E-state index in [1.807, 2.05) is 6.20 Å². The average Bonchev–Trinajstić information content (AvgIpc) is 2.75. The Kier molecular flexibility index (Phi) is 14.9. The number of hydrogen-bond donors (Lipinski definition) is 2. The zero-order valence-electron chi connectivity index (χ0n) is 18.0. The number of guanidine groups is 1. The van der Waals surface area contributed by atoms with E-state index in [1.54, 1.807) is 7.05 Å². The molecule has 29 heavy (non-hydrogen) atoms. The number of unbranched alkanes of at least 4 members (excludes halogenated alkanes) is 1. The quantitative estimate of drug-likeness (QED) is 0.191. The molecule has 1 saturated heterocycles. The molecule has 2 rings (SSSR count). The largest absolute Gasteiger partial charge is 0.379 e. The predicted octanol–water partition coefficient (Wildman–Crippen LogP) is 3.19. The zero-order chi connectivity index (χ0) is 19.9. The summed E-state index contributed by atoms with van der Waals surface area (Å²) in [6.45, 7) is 8.55. The molecule has 0 unspecified atom stereocenters. The minimum atomic E-state index is 0. The number of halogens is 1. The number of aliphatic imine (C=N–C) groups is 1. The van der Waals surface area contributed by atoms with Crippen LogP contribution >= 0.6 is 24.0 Å². The standard InChI is InChI=1S/C21H37N5O2.HI/c1-3-4-13-27-15-16-28-14-10-24-21(22-2)25-18-19-8-9-23-20(17-19)26-11-6-5-7-12-26;/h8-9,17H,3-7,10-16,18H2,1-2H3,(H2,22,24,25);1H. The molecule has 8 heteroatoms. The fourth-order valence-electron chi connectivity index (χ4n) is 3.08. The van der Waals surface area contributed by atoms with Crippen molar-refractivity contribution in [2.24, 2.45) is 4.99 Å². The molecular formula is C21H38IN5O2. The van der Waals surface area contributed by atoms with Crippen molar-refractivity contribution < 1.29 is 9.47 Å². The molecule has 1 aliphatic heterocycles. The van der Waals surface area contributed by atoms with Crippen LogP contribution in [0.1, 0.15) is 44.6 Å². The van der Waals surface area contributed by atoms with Gasteiger partial charge in [0.15, 0.2) is 5.96 Å². The minimum absolute atomic E-state index is 0. The Balaban J connectivity index is 0.00000420. The molecule has 166 valence electrons. The van der Waals surface area contributed by atoms with E-state index in [4.69, 9.17) is 9.47 Å². The number of nitrogens with zero attached hydrogens (tertiary/aromatic N) is 3. The molecule has 7 nitrogen and oxygen atoms in total. The SMILES string of the molecule is CCCCOCCOCCNC(=NC)NCc1ccnc(N2CCCCC2)c1.I. The van der Waals surface area contributed by atoms with Crippen LogP contribution in [-0.4, -0.2) is 64.1 Å². The van der Waals surface area contributed by atoms with E-state index in [-0.39, 0.29) is 24.0 Å². The minimum Gasteiger partial charge on any atom is -0.379 e. The van der Waals surface area contributed by atoms with Gasteiger partial charge >= 0.3 is 0 Å². The van der Waals surface area contributed by atoms with Gasteiger partial charge in [-0.2, -0.15) is 0 Å². The third-order valence-corrected chi connectivity index (χ3v) is 4.73. The van der Waals surface area contributed by atoms with E-state index in [0.717, 1.165) is 50.9 Å². The molecule has 0 aromatic carbocycles. The van der Waals surface area contributed by atoms with Crippen molar-refractivity contribution in [3.8, 4) is 0 Å². The van der Waals surface area contributed by atoms with Gasteiger partial charge in [0.2, 0.25) is 0 Å². The van der Waals surface area contributed by atoms with Crippen molar-refractivity contribution in [2.45, 2.75) is 45.6 Å². The lowest BCUT2D eigenvalue weighted by molar-refractivity contribution is 0.0487. The summed E-state index contributed by atoms with van der Waals surface area (Å²) in [5.41, 5.74) is 1.21. The average molecular weight is 519 g/mol. The number of hydrogen-bond acceptors (Lipinski definition) is 5. The third-order valence-electron chi connectivity index (χ3n) is 4.73. The number of nitrogens with one attached hydrogen (secondary N) is 2. The first kappa shape index (κ1) is 25.9. The summed E-state index contributed by atoms with van der Waals surface area (Å²) >= 11 is 0. The van der Waals surface area contributed by atoms with Crippen molar-refractivity contribution >= 4 is 35.8 Å². The highest BCUT2D eigenvalue weighted by Crippen LogP contribution is 2.18. The fraction of sp³-hybridized carbons (Fsp3) is 0.714. The van der Waals surface area contributed by atoms with Gasteiger partial charge in [-0.3, -0.25) is 4.99 Å². The van der Waals surface area contributed by atoms with Crippen molar-refractivity contribution in [3.63, 3.8) is 0 Å². The molecule has 1 aliphatic rings. The first-order chi connectivity index (χ1) is 13.8. The van der Waals surface area contributed by atoms with E-state index in [9.17, 15) is 0 Å². The van der Waals surface area contributed by atoms with Gasteiger partial charge in [-0.15, -0.1) is 24.0 Å². The molecule has 1 aromatic heterocycles. The summed E-state index contributed by atoms with van der Waals surface area (Å²) < 4.78 is 11.0. The normalized spacial score (nSPS) is 14.4. The van der Waals surface area contributed by atoms with Gasteiger partial charge in [0, 0.05) is 46.0 Å². The number of rotatable bonds is 12. The van der Waals surface area contributed by atoms with Crippen LogP contribution in [0.2, 0.25) is 0 Å². The van der Waals surface area contributed by atoms with Crippen molar-refractivity contribution in [2.75, 3.05) is 58.0 Å². The van der Waals surface area contributed by atoms with Gasteiger partial charge in [0.25, 0.3) is 0 Å². The maximum Gasteiger partial charge on any atom is 0.191 e. The maximum atomic E-state index is 5.57. The van der Waals surface area contributed by atoms with Crippen molar-refractivity contribution in [1.29, 1.82) is 0 Å². The monoisotopic (exact) mass is 519 g/mol. The van der Waals surface area contributed by atoms with Crippen LogP contribution in [0.5, 0.6) is 0 Å². The Hall–Kier alpha value is -1.13. The lowest BCUT2D eigenvalue weighted by atomic mass is 10.1. The topological polar surface area (TPSA) is 71.0 Å². The first-order valence-corrected chi connectivity index (χ1v) is 10.6. The maximum absolute atomic E-state index is 5.57. The summed E-state index contributed by atoms with van der Waals surface area (Å²) in [5, 5.41) is 6.63. The van der Waals surface area contributed by atoms with Gasteiger partial charge in [-0.05, 0) is 43.4 Å². The van der Waals surface area contributed by atoms with Crippen LogP contribution in [0.15, 0.2) is 23.3 Å². The van der Waals surface area contributed by atoms with E-state index >= 15 is 0 Å². The summed E-state index contributed by atoms with van der Waals surface area (Å²) in [6.07, 6.45) is 8.01. The fourth-order valence-corrected chi connectivity index (χ4v) is 3.08.